The third-order valence-corrected chi connectivity index (χ3v) is 4.00. The Labute approximate surface area is 127 Å². The molecule has 5 heteroatoms. The number of carbonyl (C=O) groups is 1. The van der Waals surface area contributed by atoms with Crippen LogP contribution in [0.15, 0.2) is 22.7 Å². The lowest BCUT2D eigenvalue weighted by atomic mass is 9.99. The fourth-order valence-corrected chi connectivity index (χ4v) is 2.57. The zero-order chi connectivity index (χ0) is 14.7. The average molecular weight is 342 g/mol. The summed E-state index contributed by atoms with van der Waals surface area (Å²) in [5, 5.41) is 12.8. The van der Waals surface area contributed by atoms with E-state index in [1.165, 1.54) is 0 Å². The second kappa shape index (κ2) is 6.59. The van der Waals surface area contributed by atoms with Gasteiger partial charge in [-0.1, -0.05) is 29.8 Å². The summed E-state index contributed by atoms with van der Waals surface area (Å²) in [6.07, 6.45) is 0.280. The first-order chi connectivity index (χ1) is 9.47. The molecule has 2 unspecified atom stereocenters. The van der Waals surface area contributed by atoms with E-state index in [-0.39, 0.29) is 24.3 Å². The summed E-state index contributed by atoms with van der Waals surface area (Å²) in [6.45, 7) is 4.39. The molecule has 1 aromatic carbocycles. The van der Waals surface area contributed by atoms with Gasteiger partial charge in [-0.3, -0.25) is 4.79 Å². The van der Waals surface area contributed by atoms with Gasteiger partial charge in [0.1, 0.15) is 5.75 Å². The van der Waals surface area contributed by atoms with Crippen molar-refractivity contribution in [1.29, 1.82) is 0 Å². The number of hydrogen-bond donors (Lipinski definition) is 2. The lowest BCUT2D eigenvalue weighted by Crippen LogP contribution is -2.35. The number of carbonyl (C=O) groups excluding carboxylic acids is 1. The number of fused-ring (bicyclic) bond motifs is 1. The number of aliphatic hydroxyl groups is 1. The number of aliphatic hydroxyl groups excluding tert-OH is 1. The van der Waals surface area contributed by atoms with Crippen LogP contribution in [0.3, 0.4) is 0 Å². The molecule has 1 aliphatic rings. The Morgan fingerprint density at radius 1 is 1.55 bits per heavy atom. The molecule has 1 aromatic rings. The highest BCUT2D eigenvalue weighted by Gasteiger charge is 2.24. The SMILES string of the molecule is CC(C)C(O)CC(=O)NC1CCOc2ccc(Br)cc21. The molecule has 0 fully saturated rings. The van der Waals surface area contributed by atoms with Gasteiger partial charge in [-0.15, -0.1) is 0 Å². The topological polar surface area (TPSA) is 58.6 Å². The molecule has 0 aromatic heterocycles. The summed E-state index contributed by atoms with van der Waals surface area (Å²) in [5.41, 5.74) is 0.984. The lowest BCUT2D eigenvalue weighted by Gasteiger charge is -2.27. The van der Waals surface area contributed by atoms with Crippen LogP contribution in [0.25, 0.3) is 0 Å². The Bertz CT molecular complexity index is 490. The number of amides is 1. The summed E-state index contributed by atoms with van der Waals surface area (Å²) in [5.74, 6) is 0.773. The lowest BCUT2D eigenvalue weighted by molar-refractivity contribution is -0.124. The van der Waals surface area contributed by atoms with Gasteiger partial charge in [-0.05, 0) is 24.1 Å². The van der Waals surface area contributed by atoms with Gasteiger partial charge in [0, 0.05) is 16.5 Å². The highest BCUT2D eigenvalue weighted by Crippen LogP contribution is 2.34. The Balaban J connectivity index is 2.04. The van der Waals surface area contributed by atoms with E-state index >= 15 is 0 Å². The minimum Gasteiger partial charge on any atom is -0.493 e. The smallest absolute Gasteiger partial charge is 0.223 e. The third kappa shape index (κ3) is 3.73. The molecule has 1 aliphatic heterocycles. The number of benzene rings is 1. The van der Waals surface area contributed by atoms with Crippen LogP contribution < -0.4 is 10.1 Å². The highest BCUT2D eigenvalue weighted by molar-refractivity contribution is 9.10. The van der Waals surface area contributed by atoms with Crippen molar-refractivity contribution in [3.05, 3.63) is 28.2 Å². The Kier molecular flexibility index (Phi) is 5.05. The Morgan fingerprint density at radius 2 is 2.30 bits per heavy atom. The molecule has 110 valence electrons. The van der Waals surface area contributed by atoms with Crippen molar-refractivity contribution >= 4 is 21.8 Å². The van der Waals surface area contributed by atoms with Crippen LogP contribution in [0.1, 0.15) is 38.3 Å². The van der Waals surface area contributed by atoms with Gasteiger partial charge in [-0.2, -0.15) is 0 Å². The van der Waals surface area contributed by atoms with Gasteiger partial charge in [0.05, 0.1) is 25.2 Å². The van der Waals surface area contributed by atoms with Crippen molar-refractivity contribution < 1.29 is 14.6 Å². The molecule has 0 bridgehead atoms. The Hall–Kier alpha value is -1.07. The first-order valence-corrected chi connectivity index (χ1v) is 7.66. The number of rotatable bonds is 4. The largest absolute Gasteiger partial charge is 0.493 e. The average Bonchev–Trinajstić information content (AvgIpc) is 2.39. The van der Waals surface area contributed by atoms with Crippen molar-refractivity contribution in [2.75, 3.05) is 6.61 Å². The molecule has 20 heavy (non-hydrogen) atoms. The summed E-state index contributed by atoms with van der Waals surface area (Å²) < 4.78 is 6.55. The van der Waals surface area contributed by atoms with Crippen molar-refractivity contribution in [2.45, 2.75) is 38.8 Å². The van der Waals surface area contributed by atoms with Gasteiger partial charge < -0.3 is 15.2 Å². The maximum absolute atomic E-state index is 12.0. The highest BCUT2D eigenvalue weighted by atomic mass is 79.9. The maximum atomic E-state index is 12.0. The van der Waals surface area contributed by atoms with Crippen LogP contribution in [-0.2, 0) is 4.79 Å². The van der Waals surface area contributed by atoms with E-state index in [0.717, 1.165) is 22.2 Å². The van der Waals surface area contributed by atoms with Crippen molar-refractivity contribution in [3.63, 3.8) is 0 Å². The Morgan fingerprint density at radius 3 is 3.00 bits per heavy atom. The standard InChI is InChI=1S/C15H20BrNO3/c1-9(2)13(18)8-15(19)17-12-5-6-20-14-4-3-10(16)7-11(12)14/h3-4,7,9,12-13,18H,5-6,8H2,1-2H3,(H,17,19). The van der Waals surface area contributed by atoms with Gasteiger partial charge in [0.2, 0.25) is 5.91 Å². The molecule has 0 saturated carbocycles. The van der Waals surface area contributed by atoms with Crippen molar-refractivity contribution in [1.82, 2.24) is 5.32 Å². The predicted octanol–water partition coefficient (Wildman–Crippen LogP) is 2.80. The van der Waals surface area contributed by atoms with E-state index in [9.17, 15) is 9.90 Å². The van der Waals surface area contributed by atoms with Gasteiger partial charge in [0.15, 0.2) is 0 Å². The minimum atomic E-state index is -0.600. The maximum Gasteiger partial charge on any atom is 0.223 e. The molecule has 2 rings (SSSR count). The summed E-state index contributed by atoms with van der Waals surface area (Å²) >= 11 is 3.44. The van der Waals surface area contributed by atoms with E-state index in [1.54, 1.807) is 0 Å². The monoisotopic (exact) mass is 341 g/mol. The number of nitrogens with one attached hydrogen (secondary N) is 1. The fourth-order valence-electron chi connectivity index (χ4n) is 2.19. The van der Waals surface area contributed by atoms with Gasteiger partial charge in [0.25, 0.3) is 0 Å². The predicted molar refractivity (Wildman–Crippen MR) is 80.6 cm³/mol. The molecule has 0 spiro atoms. The van der Waals surface area contributed by atoms with E-state index in [4.69, 9.17) is 4.74 Å². The van der Waals surface area contributed by atoms with Crippen LogP contribution in [-0.4, -0.2) is 23.7 Å². The van der Waals surface area contributed by atoms with Crippen LogP contribution in [0.5, 0.6) is 5.75 Å². The minimum absolute atomic E-state index is 0.0527. The molecule has 0 saturated heterocycles. The second-order valence-corrected chi connectivity index (χ2v) is 6.37. The van der Waals surface area contributed by atoms with Gasteiger partial charge >= 0.3 is 0 Å². The van der Waals surface area contributed by atoms with Crippen LogP contribution in [0.2, 0.25) is 0 Å². The zero-order valence-corrected chi connectivity index (χ0v) is 13.3. The van der Waals surface area contributed by atoms with Crippen molar-refractivity contribution in [2.24, 2.45) is 5.92 Å². The van der Waals surface area contributed by atoms with E-state index in [1.807, 2.05) is 32.0 Å². The molecule has 0 aliphatic carbocycles. The molecular formula is C15H20BrNO3. The van der Waals surface area contributed by atoms with Crippen LogP contribution in [0, 0.1) is 5.92 Å². The van der Waals surface area contributed by atoms with Crippen LogP contribution >= 0.6 is 15.9 Å². The first-order valence-electron chi connectivity index (χ1n) is 6.87. The van der Waals surface area contributed by atoms with E-state index in [0.29, 0.717) is 6.61 Å². The van der Waals surface area contributed by atoms with E-state index < -0.39 is 6.10 Å². The third-order valence-electron chi connectivity index (χ3n) is 3.51. The molecule has 2 N–H and O–H groups in total. The zero-order valence-electron chi connectivity index (χ0n) is 11.7. The number of ether oxygens (including phenoxy) is 1. The first kappa shape index (κ1) is 15.3. The van der Waals surface area contributed by atoms with Crippen molar-refractivity contribution in [3.8, 4) is 5.75 Å². The molecule has 4 nitrogen and oxygen atoms in total. The molecule has 0 radical (unpaired) electrons. The molecule has 1 heterocycles. The summed E-state index contributed by atoms with van der Waals surface area (Å²) in [6, 6.07) is 5.74. The fraction of sp³-hybridized carbons (Fsp3) is 0.533. The molecule has 2 atom stereocenters. The quantitative estimate of drug-likeness (QED) is 0.885. The van der Waals surface area contributed by atoms with E-state index in [2.05, 4.69) is 21.2 Å². The van der Waals surface area contributed by atoms with Crippen LogP contribution in [0.4, 0.5) is 0 Å². The normalized spacial score (nSPS) is 19.1. The van der Waals surface area contributed by atoms with Gasteiger partial charge in [-0.25, -0.2) is 0 Å². The summed E-state index contributed by atoms with van der Waals surface area (Å²) in [7, 11) is 0. The number of halogens is 1. The molecule has 1 amide bonds. The molecular weight excluding hydrogens is 322 g/mol. The number of hydrogen-bond acceptors (Lipinski definition) is 3. The second-order valence-electron chi connectivity index (χ2n) is 5.45. The summed E-state index contributed by atoms with van der Waals surface area (Å²) in [4.78, 5) is 12.0.